The maximum Gasteiger partial charge on any atom is 0.225 e. The summed E-state index contributed by atoms with van der Waals surface area (Å²) in [6.07, 6.45) is 4.62. The Morgan fingerprint density at radius 2 is 2.00 bits per heavy atom. The topological polar surface area (TPSA) is 52.5 Å². The van der Waals surface area contributed by atoms with E-state index in [9.17, 15) is 9.50 Å². The number of piperidine rings is 1. The highest BCUT2D eigenvalue weighted by Gasteiger charge is 2.33. The van der Waals surface area contributed by atoms with Gasteiger partial charge in [0.15, 0.2) is 5.82 Å². The van der Waals surface area contributed by atoms with Gasteiger partial charge < -0.3 is 10.0 Å². The molecule has 5 nitrogen and oxygen atoms in total. The average molecular weight is 266 g/mol. The minimum Gasteiger partial charge on any atom is -0.396 e. The summed E-state index contributed by atoms with van der Waals surface area (Å²) >= 11 is 0. The van der Waals surface area contributed by atoms with E-state index >= 15 is 0 Å². The van der Waals surface area contributed by atoms with Gasteiger partial charge in [0, 0.05) is 38.8 Å². The lowest BCUT2D eigenvalue weighted by atomic mass is 9.92. The van der Waals surface area contributed by atoms with E-state index in [1.807, 2.05) is 0 Å². The van der Waals surface area contributed by atoms with Crippen molar-refractivity contribution in [1.29, 1.82) is 0 Å². The van der Waals surface area contributed by atoms with E-state index in [1.54, 1.807) is 0 Å². The van der Waals surface area contributed by atoms with Gasteiger partial charge in [-0.25, -0.2) is 14.4 Å². The Bertz CT molecular complexity index is 427. The second-order valence-corrected chi connectivity index (χ2v) is 5.42. The van der Waals surface area contributed by atoms with Gasteiger partial charge in [-0.2, -0.15) is 0 Å². The zero-order valence-electron chi connectivity index (χ0n) is 10.9. The van der Waals surface area contributed by atoms with Gasteiger partial charge in [-0.1, -0.05) is 0 Å². The van der Waals surface area contributed by atoms with Crippen LogP contribution in [0.4, 0.5) is 10.3 Å². The quantitative estimate of drug-likeness (QED) is 0.845. The van der Waals surface area contributed by atoms with E-state index in [0.717, 1.165) is 39.0 Å². The lowest BCUT2D eigenvalue weighted by Crippen LogP contribution is -2.57. The van der Waals surface area contributed by atoms with Crippen LogP contribution in [0.1, 0.15) is 12.8 Å². The van der Waals surface area contributed by atoms with Gasteiger partial charge in [0.25, 0.3) is 0 Å². The number of aliphatic hydroxyl groups excluding tert-OH is 1. The van der Waals surface area contributed by atoms with E-state index in [0.29, 0.717) is 17.9 Å². The van der Waals surface area contributed by atoms with Crippen molar-refractivity contribution in [3.63, 3.8) is 0 Å². The van der Waals surface area contributed by atoms with Crippen LogP contribution in [0, 0.1) is 11.7 Å². The van der Waals surface area contributed by atoms with Crippen LogP contribution < -0.4 is 4.90 Å². The second kappa shape index (κ2) is 5.38. The summed E-state index contributed by atoms with van der Waals surface area (Å²) in [6.45, 7) is 3.99. The largest absolute Gasteiger partial charge is 0.396 e. The number of fused-ring (bicyclic) bond motifs is 1. The predicted octanol–water partition coefficient (Wildman–Crippen LogP) is 0.509. The predicted molar refractivity (Wildman–Crippen MR) is 69.4 cm³/mol. The van der Waals surface area contributed by atoms with E-state index in [-0.39, 0.29) is 6.61 Å². The summed E-state index contributed by atoms with van der Waals surface area (Å²) in [6, 6.07) is 0.505. The normalized spacial score (nSPS) is 28.2. The highest BCUT2D eigenvalue weighted by molar-refractivity contribution is 5.30. The molecule has 2 aliphatic rings. The third-order valence-electron chi connectivity index (χ3n) is 4.15. The molecule has 1 aromatic rings. The summed E-state index contributed by atoms with van der Waals surface area (Å²) in [5.74, 6) is 0.640. The zero-order valence-corrected chi connectivity index (χ0v) is 10.9. The lowest BCUT2D eigenvalue weighted by molar-refractivity contribution is 0.0670. The number of anilines is 1. The number of hydrogen-bond donors (Lipinski definition) is 1. The first kappa shape index (κ1) is 12.7. The Labute approximate surface area is 112 Å². The third-order valence-corrected chi connectivity index (χ3v) is 4.15. The minimum atomic E-state index is -0.397. The van der Waals surface area contributed by atoms with Crippen LogP contribution in [0.5, 0.6) is 0 Å². The van der Waals surface area contributed by atoms with E-state index in [4.69, 9.17) is 0 Å². The van der Waals surface area contributed by atoms with Crippen LogP contribution in [0.15, 0.2) is 12.4 Å². The van der Waals surface area contributed by atoms with Crippen molar-refractivity contribution in [3.05, 3.63) is 18.2 Å². The van der Waals surface area contributed by atoms with Crippen LogP contribution >= 0.6 is 0 Å². The van der Waals surface area contributed by atoms with Gasteiger partial charge in [-0.3, -0.25) is 4.90 Å². The highest BCUT2D eigenvalue weighted by Crippen LogP contribution is 2.26. The Morgan fingerprint density at radius 3 is 2.74 bits per heavy atom. The van der Waals surface area contributed by atoms with E-state index in [1.165, 1.54) is 12.4 Å². The van der Waals surface area contributed by atoms with Crippen molar-refractivity contribution in [2.75, 3.05) is 37.7 Å². The molecular weight excluding hydrogens is 247 g/mol. The van der Waals surface area contributed by atoms with Crippen molar-refractivity contribution >= 4 is 5.95 Å². The molecule has 19 heavy (non-hydrogen) atoms. The van der Waals surface area contributed by atoms with Crippen LogP contribution in [-0.4, -0.2) is 58.8 Å². The Balaban J connectivity index is 1.65. The van der Waals surface area contributed by atoms with E-state index in [2.05, 4.69) is 19.8 Å². The van der Waals surface area contributed by atoms with Gasteiger partial charge >= 0.3 is 0 Å². The lowest BCUT2D eigenvalue weighted by Gasteiger charge is -2.46. The van der Waals surface area contributed by atoms with Gasteiger partial charge in [0.2, 0.25) is 5.95 Å². The van der Waals surface area contributed by atoms with Crippen LogP contribution in [0.25, 0.3) is 0 Å². The monoisotopic (exact) mass is 266 g/mol. The fourth-order valence-electron chi connectivity index (χ4n) is 3.06. The standard InChI is InChI=1S/C13H19FN4O/c14-11-5-15-13(16-6-11)18-4-3-17-7-10(9-19)1-2-12(17)8-18/h5-6,10,12,19H,1-4,7-9H2/t10-,12-/m0/s1. The maximum atomic E-state index is 12.8. The number of aliphatic hydroxyl groups is 1. The second-order valence-electron chi connectivity index (χ2n) is 5.42. The fourth-order valence-corrected chi connectivity index (χ4v) is 3.06. The Hall–Kier alpha value is -1.27. The number of halogens is 1. The van der Waals surface area contributed by atoms with Crippen LogP contribution in [0.3, 0.4) is 0 Å². The third kappa shape index (κ3) is 2.69. The van der Waals surface area contributed by atoms with Crippen molar-refractivity contribution in [3.8, 4) is 0 Å². The van der Waals surface area contributed by atoms with Crippen molar-refractivity contribution in [2.45, 2.75) is 18.9 Å². The Kier molecular flexibility index (Phi) is 3.61. The van der Waals surface area contributed by atoms with Gasteiger partial charge in [0.1, 0.15) is 0 Å². The van der Waals surface area contributed by atoms with Crippen molar-refractivity contribution in [2.24, 2.45) is 5.92 Å². The molecule has 3 heterocycles. The molecule has 0 saturated carbocycles. The summed E-state index contributed by atoms with van der Waals surface area (Å²) in [5.41, 5.74) is 0. The molecule has 2 atom stereocenters. The first-order valence-corrected chi connectivity index (χ1v) is 6.83. The molecule has 2 aliphatic heterocycles. The molecule has 6 heteroatoms. The molecule has 2 fully saturated rings. The van der Waals surface area contributed by atoms with E-state index < -0.39 is 5.82 Å². The zero-order chi connectivity index (χ0) is 13.2. The summed E-state index contributed by atoms with van der Waals surface area (Å²) in [7, 11) is 0. The molecule has 0 amide bonds. The number of nitrogens with zero attached hydrogens (tertiary/aromatic N) is 4. The van der Waals surface area contributed by atoms with Gasteiger partial charge in [0.05, 0.1) is 12.4 Å². The number of hydrogen-bond acceptors (Lipinski definition) is 5. The smallest absolute Gasteiger partial charge is 0.225 e. The minimum absolute atomic E-state index is 0.286. The van der Waals surface area contributed by atoms with Crippen molar-refractivity contribution in [1.82, 2.24) is 14.9 Å². The molecule has 0 radical (unpaired) electrons. The van der Waals surface area contributed by atoms with Gasteiger partial charge in [-0.05, 0) is 18.8 Å². The molecule has 0 aromatic carbocycles. The molecule has 2 saturated heterocycles. The molecule has 0 bridgehead atoms. The first-order chi connectivity index (χ1) is 9.26. The SMILES string of the molecule is OC[C@H]1CC[C@H]2CN(c3ncc(F)cn3)CCN2C1. The molecule has 0 unspecified atom stereocenters. The fraction of sp³-hybridized carbons (Fsp3) is 0.692. The molecular formula is C13H19FN4O. The molecule has 1 aromatic heterocycles. The number of aromatic nitrogens is 2. The average Bonchev–Trinajstić information content (AvgIpc) is 2.47. The summed E-state index contributed by atoms with van der Waals surface area (Å²) in [5, 5.41) is 9.24. The molecule has 0 aliphatic carbocycles. The maximum absolute atomic E-state index is 12.8. The molecule has 104 valence electrons. The first-order valence-electron chi connectivity index (χ1n) is 6.83. The Morgan fingerprint density at radius 1 is 1.21 bits per heavy atom. The highest BCUT2D eigenvalue weighted by atomic mass is 19.1. The summed E-state index contributed by atoms with van der Waals surface area (Å²) in [4.78, 5) is 12.7. The van der Waals surface area contributed by atoms with Gasteiger partial charge in [-0.15, -0.1) is 0 Å². The van der Waals surface area contributed by atoms with Crippen molar-refractivity contribution < 1.29 is 9.50 Å². The number of rotatable bonds is 2. The molecule has 3 rings (SSSR count). The van der Waals surface area contributed by atoms with Crippen LogP contribution in [-0.2, 0) is 0 Å². The molecule has 1 N–H and O–H groups in total. The number of piperazine rings is 1. The van der Waals surface area contributed by atoms with Crippen LogP contribution in [0.2, 0.25) is 0 Å². The molecule has 0 spiro atoms. The summed E-state index contributed by atoms with van der Waals surface area (Å²) < 4.78 is 12.8.